The van der Waals surface area contributed by atoms with E-state index >= 15 is 0 Å². The van der Waals surface area contributed by atoms with Gasteiger partial charge >= 0.3 is 12.0 Å². The molecule has 4 aromatic rings. The number of thiazole rings is 1. The molecule has 3 aliphatic rings. The SMILES string of the molecule is C/C(NCC1(C)CC2(C)CC(C)(C)CC(O)(C1)C2)=C(/C=N)c1ccc(-c2ccc3c(c2)N(C(=O)Nc2nc4ccccc4s2)CCC3)nc1C(=O)O. The number of fused-ring (bicyclic) bond motifs is 4. The van der Waals surface area contributed by atoms with Gasteiger partial charge in [0.15, 0.2) is 10.8 Å². The van der Waals surface area contributed by atoms with Crippen LogP contribution >= 0.6 is 11.3 Å². The highest BCUT2D eigenvalue weighted by molar-refractivity contribution is 7.22. The molecule has 3 heterocycles. The zero-order chi connectivity index (χ0) is 37.1. The maximum Gasteiger partial charge on any atom is 0.355 e. The molecule has 5 N–H and O–H groups in total. The zero-order valence-corrected chi connectivity index (χ0v) is 31.4. The van der Waals surface area contributed by atoms with Crippen molar-refractivity contribution < 1.29 is 19.8 Å². The van der Waals surface area contributed by atoms with E-state index in [2.05, 4.69) is 48.3 Å². The molecule has 11 heteroatoms. The maximum atomic E-state index is 13.5. The number of para-hydroxylation sites is 1. The van der Waals surface area contributed by atoms with Gasteiger partial charge in [0.1, 0.15) is 0 Å². The predicted molar refractivity (Wildman–Crippen MR) is 208 cm³/mol. The molecule has 2 fully saturated rings. The van der Waals surface area contributed by atoms with Gasteiger partial charge in [0.05, 0.1) is 21.5 Å². The van der Waals surface area contributed by atoms with Crippen LogP contribution in [0, 0.1) is 21.7 Å². The minimum atomic E-state index is -1.19. The number of pyridine rings is 1. The van der Waals surface area contributed by atoms with E-state index in [9.17, 15) is 19.8 Å². The Hall–Kier alpha value is -4.61. The number of amides is 2. The summed E-state index contributed by atoms with van der Waals surface area (Å²) in [6.07, 6.45) is 7.16. The van der Waals surface area contributed by atoms with Gasteiger partial charge in [-0.05, 0) is 104 Å². The molecule has 2 amide bonds. The highest BCUT2D eigenvalue weighted by Crippen LogP contribution is 2.61. The maximum absolute atomic E-state index is 13.5. The van der Waals surface area contributed by atoms with Gasteiger partial charge in [-0.2, -0.15) is 0 Å². The number of aryl methyl sites for hydroxylation is 1. The van der Waals surface area contributed by atoms with Gasteiger partial charge < -0.3 is 20.9 Å². The first-order valence-corrected chi connectivity index (χ1v) is 18.9. The van der Waals surface area contributed by atoms with Crippen LogP contribution in [0.4, 0.5) is 15.6 Å². The van der Waals surface area contributed by atoms with Gasteiger partial charge in [-0.1, -0.05) is 63.3 Å². The van der Waals surface area contributed by atoms with E-state index < -0.39 is 11.6 Å². The van der Waals surface area contributed by atoms with Crippen LogP contribution < -0.4 is 15.5 Å². The minimum absolute atomic E-state index is 0.0390. The predicted octanol–water partition coefficient (Wildman–Crippen LogP) is 8.76. The van der Waals surface area contributed by atoms with Crippen LogP contribution in [0.2, 0.25) is 0 Å². The Bertz CT molecular complexity index is 2060. The number of nitrogens with zero attached hydrogens (tertiary/aromatic N) is 3. The number of carbonyl (C=O) groups excluding carboxylic acids is 1. The fourth-order valence-electron chi connectivity index (χ4n) is 10.1. The largest absolute Gasteiger partial charge is 0.476 e. The number of aliphatic hydroxyl groups is 1. The summed E-state index contributed by atoms with van der Waals surface area (Å²) in [6.45, 7) is 12.0. The number of aromatic nitrogens is 2. The lowest BCUT2D eigenvalue weighted by Crippen LogP contribution is -2.56. The third-order valence-electron chi connectivity index (χ3n) is 11.0. The third-order valence-corrected chi connectivity index (χ3v) is 12.0. The molecule has 52 heavy (non-hydrogen) atoms. The van der Waals surface area contributed by atoms with E-state index in [1.54, 1.807) is 17.0 Å². The summed E-state index contributed by atoms with van der Waals surface area (Å²) >= 11 is 1.43. The number of urea groups is 1. The van der Waals surface area contributed by atoms with Crippen molar-refractivity contribution in [3.05, 3.63) is 77.1 Å². The summed E-state index contributed by atoms with van der Waals surface area (Å²) in [6, 6.07) is 16.8. The molecule has 0 saturated heterocycles. The molecule has 3 atom stereocenters. The molecule has 0 radical (unpaired) electrons. The average Bonchev–Trinajstić information content (AvgIpc) is 3.47. The monoisotopic (exact) mass is 720 g/mol. The Morgan fingerprint density at radius 2 is 1.79 bits per heavy atom. The van der Waals surface area contributed by atoms with Crippen molar-refractivity contribution in [3.63, 3.8) is 0 Å². The van der Waals surface area contributed by atoms with E-state index in [-0.39, 0.29) is 28.0 Å². The van der Waals surface area contributed by atoms with E-state index in [1.165, 1.54) is 17.6 Å². The Morgan fingerprint density at radius 1 is 1.00 bits per heavy atom. The van der Waals surface area contributed by atoms with Crippen LogP contribution in [0.1, 0.15) is 94.8 Å². The fraction of sp³-hybridized carbons (Fsp3) is 0.439. The third kappa shape index (κ3) is 7.08. The van der Waals surface area contributed by atoms with Crippen molar-refractivity contribution in [2.45, 2.75) is 85.2 Å². The van der Waals surface area contributed by atoms with Gasteiger partial charge in [-0.25, -0.2) is 19.6 Å². The van der Waals surface area contributed by atoms with Crippen LogP contribution in [0.5, 0.6) is 0 Å². The second-order valence-corrected chi connectivity index (χ2v) is 17.9. The highest BCUT2D eigenvalue weighted by atomic mass is 32.1. The number of hydrogen-bond acceptors (Lipinski definition) is 8. The molecule has 1 aliphatic heterocycles. The van der Waals surface area contributed by atoms with Gasteiger partial charge in [0.25, 0.3) is 0 Å². The molecule has 3 unspecified atom stereocenters. The average molecular weight is 721 g/mol. The molecule has 2 saturated carbocycles. The smallest absolute Gasteiger partial charge is 0.355 e. The number of hydrogen-bond donors (Lipinski definition) is 5. The van der Waals surface area contributed by atoms with E-state index in [0.29, 0.717) is 52.7 Å². The number of carbonyl (C=O) groups is 2. The lowest BCUT2D eigenvalue weighted by Gasteiger charge is -2.59. The molecule has 10 nitrogen and oxygen atoms in total. The number of benzene rings is 2. The van der Waals surface area contributed by atoms with Crippen molar-refractivity contribution in [2.75, 3.05) is 23.3 Å². The van der Waals surface area contributed by atoms with Gasteiger partial charge in [-0.3, -0.25) is 10.2 Å². The molecule has 2 bridgehead atoms. The number of nitrogens with one attached hydrogen (secondary N) is 3. The Balaban J connectivity index is 1.13. The molecular formula is C41H48N6O4S. The van der Waals surface area contributed by atoms with Crippen molar-refractivity contribution >= 4 is 56.2 Å². The van der Waals surface area contributed by atoms with Crippen LogP contribution in [0.25, 0.3) is 27.0 Å². The molecule has 7 rings (SSSR count). The fourth-order valence-corrected chi connectivity index (χ4v) is 11.0. The van der Waals surface area contributed by atoms with Crippen molar-refractivity contribution in [1.82, 2.24) is 15.3 Å². The number of rotatable bonds is 8. The summed E-state index contributed by atoms with van der Waals surface area (Å²) in [7, 11) is 0. The zero-order valence-electron chi connectivity index (χ0n) is 30.6. The Labute approximate surface area is 308 Å². The second-order valence-electron chi connectivity index (χ2n) is 16.8. The molecule has 2 aromatic carbocycles. The summed E-state index contributed by atoms with van der Waals surface area (Å²) in [5.74, 6) is -1.19. The summed E-state index contributed by atoms with van der Waals surface area (Å²) in [5.41, 5.74) is 4.35. The lowest BCUT2D eigenvalue weighted by molar-refractivity contribution is -0.159. The summed E-state index contributed by atoms with van der Waals surface area (Å²) in [4.78, 5) is 37.1. The standard InChI is InChI=1S/C41H48N6O4S/c1-25(43-24-40(5)21-39(4)19-38(2,3)20-41(51,22-39)23-40)29(18-42)28-14-15-30(44-34(28)35(48)49)27-13-12-26-9-8-16-47(32(26)17-27)37(50)46-36-45-31-10-6-7-11-33(31)52-36/h6-7,10-15,17-18,42-43,51H,8-9,16,19-24H2,1-5H3,(H,48,49)(H,45,46,50)/b29-25+,42-18?. The normalized spacial score (nSPS) is 25.5. The van der Waals surface area contributed by atoms with E-state index in [0.717, 1.165) is 60.0 Å². The number of allylic oxidation sites excluding steroid dienone is 2. The molecule has 2 aliphatic carbocycles. The first-order chi connectivity index (χ1) is 24.6. The molecule has 272 valence electrons. The lowest BCUT2D eigenvalue weighted by atomic mass is 9.48. The van der Waals surface area contributed by atoms with E-state index in [1.807, 2.05) is 49.4 Å². The number of carboxylic acids is 1. The topological polar surface area (TPSA) is 152 Å². The Kier molecular flexibility index (Phi) is 9.02. The number of carboxylic acid groups (broad SMARTS) is 1. The first-order valence-electron chi connectivity index (χ1n) is 18.1. The van der Waals surface area contributed by atoms with Gasteiger partial charge in [-0.15, -0.1) is 0 Å². The number of anilines is 2. The molecule has 2 aromatic heterocycles. The summed E-state index contributed by atoms with van der Waals surface area (Å²) in [5, 5.41) is 37.4. The van der Waals surface area contributed by atoms with E-state index in [4.69, 9.17) is 5.41 Å². The molecular weight excluding hydrogens is 673 g/mol. The Morgan fingerprint density at radius 3 is 2.52 bits per heavy atom. The quantitative estimate of drug-likeness (QED) is 0.114. The minimum Gasteiger partial charge on any atom is -0.476 e. The molecule has 0 spiro atoms. The summed E-state index contributed by atoms with van der Waals surface area (Å²) < 4.78 is 0.994. The van der Waals surface area contributed by atoms with Crippen LogP contribution in [0.15, 0.2) is 60.3 Å². The highest BCUT2D eigenvalue weighted by Gasteiger charge is 2.56. The van der Waals surface area contributed by atoms with Crippen LogP contribution in [-0.2, 0) is 6.42 Å². The first kappa shape index (κ1) is 35.8. The van der Waals surface area contributed by atoms with Crippen molar-refractivity contribution in [3.8, 4) is 11.3 Å². The van der Waals surface area contributed by atoms with Crippen molar-refractivity contribution in [2.24, 2.45) is 16.2 Å². The van der Waals surface area contributed by atoms with Gasteiger partial charge in [0.2, 0.25) is 0 Å². The van der Waals surface area contributed by atoms with Crippen molar-refractivity contribution in [1.29, 1.82) is 5.41 Å². The van der Waals surface area contributed by atoms with Crippen LogP contribution in [0.3, 0.4) is 0 Å². The van der Waals surface area contributed by atoms with Crippen LogP contribution in [-0.4, -0.2) is 57.1 Å². The second kappa shape index (κ2) is 13.1. The number of aromatic carboxylic acids is 1. The van der Waals surface area contributed by atoms with Gasteiger partial charge in [0, 0.05) is 47.4 Å².